The summed E-state index contributed by atoms with van der Waals surface area (Å²) in [7, 11) is 0. The van der Waals surface area contributed by atoms with Gasteiger partial charge in [-0.25, -0.2) is 4.79 Å². The lowest BCUT2D eigenvalue weighted by atomic mass is 10.1. The van der Waals surface area contributed by atoms with Crippen LogP contribution in [0.15, 0.2) is 30.8 Å². The zero-order chi connectivity index (χ0) is 15.7. The van der Waals surface area contributed by atoms with E-state index in [0.717, 1.165) is 5.56 Å². The maximum atomic E-state index is 11.7. The summed E-state index contributed by atoms with van der Waals surface area (Å²) >= 11 is 0. The van der Waals surface area contributed by atoms with E-state index in [1.807, 2.05) is 0 Å². The summed E-state index contributed by atoms with van der Waals surface area (Å²) in [5.74, 6) is -0.447. The number of hydrogen-bond acceptors (Lipinski definition) is 3. The van der Waals surface area contributed by atoms with Gasteiger partial charge in [-0.05, 0) is 37.0 Å². The fourth-order valence-corrected chi connectivity index (χ4v) is 1.57. The lowest BCUT2D eigenvalue weighted by Crippen LogP contribution is -2.14. The number of esters is 1. The number of rotatable bonds is 8. The van der Waals surface area contributed by atoms with Gasteiger partial charge in [-0.1, -0.05) is 24.8 Å². The van der Waals surface area contributed by atoms with Crippen molar-refractivity contribution in [2.45, 2.75) is 25.6 Å². The zero-order valence-electron chi connectivity index (χ0n) is 11.5. The van der Waals surface area contributed by atoms with E-state index in [9.17, 15) is 18.0 Å². The van der Waals surface area contributed by atoms with Crippen molar-refractivity contribution in [3.05, 3.63) is 42.0 Å². The van der Waals surface area contributed by atoms with Crippen molar-refractivity contribution < 1.29 is 27.4 Å². The van der Waals surface area contributed by atoms with Gasteiger partial charge in [0, 0.05) is 0 Å². The fourth-order valence-electron chi connectivity index (χ4n) is 1.57. The molecule has 0 aliphatic carbocycles. The van der Waals surface area contributed by atoms with Gasteiger partial charge >= 0.3 is 12.3 Å². The van der Waals surface area contributed by atoms with E-state index >= 15 is 0 Å². The van der Waals surface area contributed by atoms with Crippen molar-refractivity contribution >= 4 is 12.0 Å². The van der Waals surface area contributed by atoms with Crippen molar-refractivity contribution in [2.24, 2.45) is 0 Å². The standard InChI is InChI=1S/C15H17F3O3/c1-2-12-6-8-13(9-7-12)14(19)20-10-4-3-5-11-21-15(16,17)18/h2,6-9H,1,3-5,10-11H2. The Morgan fingerprint density at radius 2 is 1.71 bits per heavy atom. The van der Waals surface area contributed by atoms with Gasteiger partial charge in [-0.2, -0.15) is 0 Å². The third kappa shape index (κ3) is 7.51. The molecule has 0 saturated carbocycles. The molecule has 0 aliphatic rings. The summed E-state index contributed by atoms with van der Waals surface area (Å²) in [4.78, 5) is 11.6. The molecule has 0 atom stereocenters. The maximum Gasteiger partial charge on any atom is 0.522 e. The number of carbonyl (C=O) groups is 1. The minimum atomic E-state index is -4.58. The molecule has 0 bridgehead atoms. The summed E-state index contributed by atoms with van der Waals surface area (Å²) < 4.78 is 43.7. The Kier molecular flexibility index (Phi) is 6.94. The molecule has 0 unspecified atom stereocenters. The number of alkyl halides is 3. The third-order valence-electron chi connectivity index (χ3n) is 2.67. The minimum Gasteiger partial charge on any atom is -0.462 e. The number of unbranched alkanes of at least 4 members (excludes halogenated alkanes) is 2. The highest BCUT2D eigenvalue weighted by atomic mass is 19.4. The Labute approximate surface area is 121 Å². The second kappa shape index (κ2) is 8.46. The molecular formula is C15H17F3O3. The number of ether oxygens (including phenoxy) is 2. The Morgan fingerprint density at radius 1 is 1.10 bits per heavy atom. The minimum absolute atomic E-state index is 0.175. The van der Waals surface area contributed by atoms with E-state index in [4.69, 9.17) is 4.74 Å². The summed E-state index contributed by atoms with van der Waals surface area (Å²) in [6.45, 7) is 3.41. The molecule has 0 heterocycles. The normalized spacial score (nSPS) is 11.2. The molecule has 0 radical (unpaired) electrons. The first-order chi connectivity index (χ1) is 9.92. The highest BCUT2D eigenvalue weighted by Gasteiger charge is 2.28. The summed E-state index contributed by atoms with van der Waals surface area (Å²) in [6, 6.07) is 6.77. The first kappa shape index (κ1) is 17.2. The molecule has 21 heavy (non-hydrogen) atoms. The molecule has 1 aromatic rings. The molecule has 116 valence electrons. The molecule has 0 aromatic heterocycles. The highest BCUT2D eigenvalue weighted by Crippen LogP contribution is 2.16. The van der Waals surface area contributed by atoms with Crippen LogP contribution in [0.3, 0.4) is 0 Å². The predicted molar refractivity (Wildman–Crippen MR) is 72.7 cm³/mol. The largest absolute Gasteiger partial charge is 0.522 e. The van der Waals surface area contributed by atoms with E-state index in [1.54, 1.807) is 30.3 Å². The molecule has 0 fully saturated rings. The summed E-state index contributed by atoms with van der Waals surface area (Å²) in [5.41, 5.74) is 1.33. The number of carbonyl (C=O) groups excluding carboxylic acids is 1. The molecule has 0 spiro atoms. The van der Waals surface area contributed by atoms with Crippen LogP contribution in [0.25, 0.3) is 6.08 Å². The molecule has 0 amide bonds. The predicted octanol–water partition coefficient (Wildman–Crippen LogP) is 4.19. The average molecular weight is 302 g/mol. The quantitative estimate of drug-likeness (QED) is 0.533. The van der Waals surface area contributed by atoms with Crippen LogP contribution in [0.1, 0.15) is 35.2 Å². The lowest BCUT2D eigenvalue weighted by Gasteiger charge is -2.07. The van der Waals surface area contributed by atoms with E-state index in [2.05, 4.69) is 11.3 Å². The van der Waals surface area contributed by atoms with E-state index in [1.165, 1.54) is 0 Å². The van der Waals surface area contributed by atoms with Crippen molar-refractivity contribution in [3.63, 3.8) is 0 Å². The van der Waals surface area contributed by atoms with Crippen LogP contribution >= 0.6 is 0 Å². The second-order valence-electron chi connectivity index (χ2n) is 4.32. The molecule has 6 heteroatoms. The molecule has 1 rings (SSSR count). The molecule has 0 saturated heterocycles. The van der Waals surface area contributed by atoms with Crippen LogP contribution in [0, 0.1) is 0 Å². The highest BCUT2D eigenvalue weighted by molar-refractivity contribution is 5.89. The Morgan fingerprint density at radius 3 is 2.29 bits per heavy atom. The first-order valence-electron chi connectivity index (χ1n) is 6.52. The Hall–Kier alpha value is -1.82. The van der Waals surface area contributed by atoms with Gasteiger partial charge in [0.25, 0.3) is 0 Å². The van der Waals surface area contributed by atoms with Crippen molar-refractivity contribution in [1.82, 2.24) is 0 Å². The van der Waals surface area contributed by atoms with Crippen LogP contribution in [-0.2, 0) is 9.47 Å². The van der Waals surface area contributed by atoms with Gasteiger partial charge in [0.05, 0.1) is 18.8 Å². The number of hydrogen-bond donors (Lipinski definition) is 0. The van der Waals surface area contributed by atoms with Gasteiger partial charge in [0.15, 0.2) is 0 Å². The number of halogens is 3. The van der Waals surface area contributed by atoms with Crippen LogP contribution in [-0.4, -0.2) is 25.5 Å². The fraction of sp³-hybridized carbons (Fsp3) is 0.400. The maximum absolute atomic E-state index is 11.7. The molecule has 1 aromatic carbocycles. The van der Waals surface area contributed by atoms with E-state index in [0.29, 0.717) is 18.4 Å². The summed E-state index contributed by atoms with van der Waals surface area (Å²) in [5, 5.41) is 0. The SMILES string of the molecule is C=Cc1ccc(C(=O)OCCCCCOC(F)(F)F)cc1. The van der Waals surface area contributed by atoms with Crippen LogP contribution in [0.4, 0.5) is 13.2 Å². The average Bonchev–Trinajstić information content (AvgIpc) is 2.45. The smallest absolute Gasteiger partial charge is 0.462 e. The van der Waals surface area contributed by atoms with Gasteiger partial charge < -0.3 is 4.74 Å². The van der Waals surface area contributed by atoms with Crippen LogP contribution in [0.5, 0.6) is 0 Å². The van der Waals surface area contributed by atoms with Crippen LogP contribution in [0.2, 0.25) is 0 Å². The topological polar surface area (TPSA) is 35.5 Å². The van der Waals surface area contributed by atoms with Crippen molar-refractivity contribution in [2.75, 3.05) is 13.2 Å². The molecule has 3 nitrogen and oxygen atoms in total. The van der Waals surface area contributed by atoms with E-state index in [-0.39, 0.29) is 19.6 Å². The van der Waals surface area contributed by atoms with Crippen LogP contribution < -0.4 is 0 Å². The number of benzene rings is 1. The van der Waals surface area contributed by atoms with Gasteiger partial charge in [-0.3, -0.25) is 4.74 Å². The lowest BCUT2D eigenvalue weighted by molar-refractivity contribution is -0.324. The zero-order valence-corrected chi connectivity index (χ0v) is 11.5. The monoisotopic (exact) mass is 302 g/mol. The van der Waals surface area contributed by atoms with Gasteiger partial charge in [0.1, 0.15) is 0 Å². The summed E-state index contributed by atoms with van der Waals surface area (Å²) in [6.07, 6.45) is -1.65. The first-order valence-corrected chi connectivity index (χ1v) is 6.52. The van der Waals surface area contributed by atoms with E-state index < -0.39 is 12.3 Å². The van der Waals surface area contributed by atoms with Gasteiger partial charge in [0.2, 0.25) is 0 Å². The third-order valence-corrected chi connectivity index (χ3v) is 2.67. The van der Waals surface area contributed by atoms with Crippen molar-refractivity contribution in [1.29, 1.82) is 0 Å². The van der Waals surface area contributed by atoms with Crippen molar-refractivity contribution in [3.8, 4) is 0 Å². The molecular weight excluding hydrogens is 285 g/mol. The molecule has 0 N–H and O–H groups in total. The Balaban J connectivity index is 2.14. The second-order valence-corrected chi connectivity index (χ2v) is 4.32. The van der Waals surface area contributed by atoms with Gasteiger partial charge in [-0.15, -0.1) is 13.2 Å². The Bertz CT molecular complexity index is 452. The molecule has 0 aliphatic heterocycles.